The SMILES string of the molecule is Cc1nn(-c2nc(-c3ccc(F)cc3)cs2)c(C)c1CC(=O)N1CCCC1. The zero-order chi connectivity index (χ0) is 19.0. The molecular formula is C20H21FN4OS. The number of halogens is 1. The summed E-state index contributed by atoms with van der Waals surface area (Å²) < 4.78 is 14.9. The molecule has 3 aromatic rings. The maximum atomic E-state index is 13.1. The third-order valence-corrected chi connectivity index (χ3v) is 5.86. The fourth-order valence-corrected chi connectivity index (χ4v) is 4.30. The molecule has 2 aromatic heterocycles. The molecule has 0 unspecified atom stereocenters. The molecule has 7 heteroatoms. The van der Waals surface area contributed by atoms with Crippen molar-refractivity contribution >= 4 is 17.2 Å². The lowest BCUT2D eigenvalue weighted by atomic mass is 10.1. The van der Waals surface area contributed by atoms with Gasteiger partial charge in [-0.1, -0.05) is 0 Å². The van der Waals surface area contributed by atoms with Gasteiger partial charge in [0.1, 0.15) is 5.82 Å². The molecule has 0 radical (unpaired) electrons. The van der Waals surface area contributed by atoms with Crippen molar-refractivity contribution in [3.8, 4) is 16.4 Å². The Kier molecular flexibility index (Phi) is 4.78. The van der Waals surface area contributed by atoms with Crippen molar-refractivity contribution in [2.75, 3.05) is 13.1 Å². The van der Waals surface area contributed by atoms with Crippen LogP contribution < -0.4 is 0 Å². The van der Waals surface area contributed by atoms with Gasteiger partial charge in [-0.3, -0.25) is 4.79 Å². The van der Waals surface area contributed by atoms with Crippen LogP contribution in [-0.2, 0) is 11.2 Å². The predicted molar refractivity (Wildman–Crippen MR) is 104 cm³/mol. The van der Waals surface area contributed by atoms with E-state index in [0.29, 0.717) is 6.42 Å². The van der Waals surface area contributed by atoms with Crippen LogP contribution in [0.4, 0.5) is 4.39 Å². The second-order valence-corrected chi connectivity index (χ2v) is 7.68. The number of aromatic nitrogens is 3. The molecule has 140 valence electrons. The summed E-state index contributed by atoms with van der Waals surface area (Å²) in [5.41, 5.74) is 4.44. The van der Waals surface area contributed by atoms with Crippen LogP contribution in [0.2, 0.25) is 0 Å². The highest BCUT2D eigenvalue weighted by molar-refractivity contribution is 7.12. The number of likely N-dealkylation sites (tertiary alicyclic amines) is 1. The molecule has 0 bridgehead atoms. The molecule has 1 aliphatic heterocycles. The Hall–Kier alpha value is -2.54. The van der Waals surface area contributed by atoms with Crippen LogP contribution in [0, 0.1) is 19.7 Å². The Morgan fingerprint density at radius 2 is 1.89 bits per heavy atom. The summed E-state index contributed by atoms with van der Waals surface area (Å²) >= 11 is 1.48. The van der Waals surface area contributed by atoms with Gasteiger partial charge in [0.2, 0.25) is 11.0 Å². The Bertz CT molecular complexity index is 971. The van der Waals surface area contributed by atoms with E-state index in [4.69, 9.17) is 0 Å². The normalized spacial score (nSPS) is 14.1. The van der Waals surface area contributed by atoms with E-state index in [9.17, 15) is 9.18 Å². The van der Waals surface area contributed by atoms with E-state index in [1.54, 1.807) is 16.8 Å². The van der Waals surface area contributed by atoms with Gasteiger partial charge < -0.3 is 4.90 Å². The Morgan fingerprint density at radius 3 is 2.59 bits per heavy atom. The van der Waals surface area contributed by atoms with Crippen LogP contribution in [0.1, 0.15) is 29.8 Å². The number of nitrogens with zero attached hydrogens (tertiary/aromatic N) is 4. The van der Waals surface area contributed by atoms with E-state index >= 15 is 0 Å². The van der Waals surface area contributed by atoms with Gasteiger partial charge in [-0.2, -0.15) is 5.10 Å². The van der Waals surface area contributed by atoms with Crippen LogP contribution in [0.15, 0.2) is 29.6 Å². The van der Waals surface area contributed by atoms with Crippen LogP contribution in [0.3, 0.4) is 0 Å². The average molecular weight is 384 g/mol. The number of carbonyl (C=O) groups excluding carboxylic acids is 1. The van der Waals surface area contributed by atoms with Gasteiger partial charge in [0.05, 0.1) is 17.8 Å². The van der Waals surface area contributed by atoms with Crippen molar-refractivity contribution in [2.45, 2.75) is 33.1 Å². The predicted octanol–water partition coefficient (Wildman–Crippen LogP) is 3.92. The molecule has 4 rings (SSSR count). The lowest BCUT2D eigenvalue weighted by Gasteiger charge is -2.15. The Morgan fingerprint density at radius 1 is 1.19 bits per heavy atom. The average Bonchev–Trinajstić information content (AvgIpc) is 3.39. The minimum Gasteiger partial charge on any atom is -0.342 e. The fraction of sp³-hybridized carbons (Fsp3) is 0.350. The van der Waals surface area contributed by atoms with Gasteiger partial charge in [-0.05, 0) is 51.0 Å². The number of carbonyl (C=O) groups is 1. The highest BCUT2D eigenvalue weighted by Gasteiger charge is 2.22. The van der Waals surface area contributed by atoms with Gasteiger partial charge in [-0.25, -0.2) is 14.1 Å². The van der Waals surface area contributed by atoms with Crippen LogP contribution in [0.5, 0.6) is 0 Å². The monoisotopic (exact) mass is 384 g/mol. The third-order valence-electron chi connectivity index (χ3n) is 5.04. The smallest absolute Gasteiger partial charge is 0.227 e. The molecule has 1 amide bonds. The first-order chi connectivity index (χ1) is 13.0. The highest BCUT2D eigenvalue weighted by Crippen LogP contribution is 2.27. The number of benzene rings is 1. The van der Waals surface area contributed by atoms with Crippen LogP contribution >= 0.6 is 11.3 Å². The molecule has 0 aliphatic carbocycles. The fourth-order valence-electron chi connectivity index (χ4n) is 3.46. The van der Waals surface area contributed by atoms with E-state index in [-0.39, 0.29) is 11.7 Å². The standard InChI is InChI=1S/C20H21FN4OS/c1-13-17(11-19(26)24-9-3-4-10-24)14(2)25(23-13)20-22-18(12-27-20)15-5-7-16(21)8-6-15/h5-8,12H,3-4,9-11H2,1-2H3. The number of amides is 1. The Balaban J connectivity index is 1.59. The lowest BCUT2D eigenvalue weighted by molar-refractivity contribution is -0.129. The zero-order valence-corrected chi connectivity index (χ0v) is 16.2. The first-order valence-electron chi connectivity index (χ1n) is 9.07. The molecule has 0 spiro atoms. The number of rotatable bonds is 4. The van der Waals surface area contributed by atoms with Gasteiger partial charge in [0, 0.05) is 35.3 Å². The molecule has 1 aliphatic rings. The molecule has 3 heterocycles. The minimum atomic E-state index is -0.264. The molecular weight excluding hydrogens is 363 g/mol. The molecule has 1 aromatic carbocycles. The van der Waals surface area contributed by atoms with Crippen molar-refractivity contribution in [1.29, 1.82) is 0 Å². The van der Waals surface area contributed by atoms with Gasteiger partial charge >= 0.3 is 0 Å². The summed E-state index contributed by atoms with van der Waals surface area (Å²) in [6.07, 6.45) is 2.57. The van der Waals surface area contributed by atoms with E-state index in [1.807, 2.05) is 24.1 Å². The number of aryl methyl sites for hydroxylation is 1. The summed E-state index contributed by atoms with van der Waals surface area (Å²) in [6, 6.07) is 6.30. The topological polar surface area (TPSA) is 51.0 Å². The van der Waals surface area contributed by atoms with Crippen molar-refractivity contribution in [2.24, 2.45) is 0 Å². The number of thiazole rings is 1. The molecule has 0 saturated carbocycles. The van der Waals surface area contributed by atoms with Gasteiger partial charge in [-0.15, -0.1) is 11.3 Å². The van der Waals surface area contributed by atoms with Crippen LogP contribution in [-0.4, -0.2) is 38.7 Å². The van der Waals surface area contributed by atoms with E-state index in [1.165, 1.54) is 23.5 Å². The molecule has 0 atom stereocenters. The summed E-state index contributed by atoms with van der Waals surface area (Å²) in [4.78, 5) is 19.1. The third kappa shape index (κ3) is 3.51. The van der Waals surface area contributed by atoms with Gasteiger partial charge in [0.25, 0.3) is 0 Å². The molecule has 0 N–H and O–H groups in total. The van der Waals surface area contributed by atoms with Crippen molar-refractivity contribution in [1.82, 2.24) is 19.7 Å². The van der Waals surface area contributed by atoms with E-state index in [0.717, 1.165) is 59.3 Å². The number of hydrogen-bond acceptors (Lipinski definition) is 4. The molecule has 5 nitrogen and oxygen atoms in total. The molecule has 1 saturated heterocycles. The second-order valence-electron chi connectivity index (χ2n) is 6.85. The van der Waals surface area contributed by atoms with Crippen molar-refractivity contribution in [3.05, 3.63) is 52.4 Å². The minimum absolute atomic E-state index is 0.171. The molecule has 27 heavy (non-hydrogen) atoms. The first-order valence-corrected chi connectivity index (χ1v) is 9.95. The highest BCUT2D eigenvalue weighted by atomic mass is 32.1. The quantitative estimate of drug-likeness (QED) is 0.685. The summed E-state index contributed by atoms with van der Waals surface area (Å²) in [5.74, 6) is -0.0931. The Labute approximate surface area is 161 Å². The van der Waals surface area contributed by atoms with Crippen molar-refractivity contribution < 1.29 is 9.18 Å². The van der Waals surface area contributed by atoms with Crippen molar-refractivity contribution in [3.63, 3.8) is 0 Å². The largest absolute Gasteiger partial charge is 0.342 e. The maximum absolute atomic E-state index is 13.1. The van der Waals surface area contributed by atoms with E-state index in [2.05, 4.69) is 10.1 Å². The van der Waals surface area contributed by atoms with Gasteiger partial charge in [0.15, 0.2) is 0 Å². The first kappa shape index (κ1) is 17.9. The zero-order valence-electron chi connectivity index (χ0n) is 15.4. The molecule has 1 fully saturated rings. The summed E-state index contributed by atoms with van der Waals surface area (Å²) in [7, 11) is 0. The summed E-state index contributed by atoms with van der Waals surface area (Å²) in [6.45, 7) is 5.63. The van der Waals surface area contributed by atoms with Crippen LogP contribution in [0.25, 0.3) is 16.4 Å². The number of hydrogen-bond donors (Lipinski definition) is 0. The second kappa shape index (κ2) is 7.23. The summed E-state index contributed by atoms with van der Waals surface area (Å²) in [5, 5.41) is 7.30. The maximum Gasteiger partial charge on any atom is 0.227 e. The van der Waals surface area contributed by atoms with E-state index < -0.39 is 0 Å². The lowest BCUT2D eigenvalue weighted by Crippen LogP contribution is -2.29.